The summed E-state index contributed by atoms with van der Waals surface area (Å²) in [7, 11) is 0. The van der Waals surface area contributed by atoms with Gasteiger partial charge >= 0.3 is 0 Å². The molecule has 9 heteroatoms. The number of piperidine rings is 1. The van der Waals surface area contributed by atoms with Crippen LogP contribution in [0.15, 0.2) is 18.5 Å². The number of nitrogens with zero attached hydrogens (tertiary/aromatic N) is 4. The van der Waals surface area contributed by atoms with E-state index >= 15 is 0 Å². The predicted octanol–water partition coefficient (Wildman–Crippen LogP) is 0.472. The Morgan fingerprint density at radius 2 is 2.42 bits per heavy atom. The molecule has 0 spiro atoms. The number of hydrogen-bond acceptors (Lipinski definition) is 6. The summed E-state index contributed by atoms with van der Waals surface area (Å²) in [6.45, 7) is 2.16. The number of aryl methyl sites for hydroxylation is 1. The number of H-pyrrole nitrogens is 1. The SMILES string of the molecule is O=C(NCC12CC1CN(C(=O)CCc1cn[nH]n1)C2)c1ccns1. The maximum Gasteiger partial charge on any atom is 0.263 e. The summed E-state index contributed by atoms with van der Waals surface area (Å²) in [6, 6.07) is 1.72. The Balaban J connectivity index is 1.27. The van der Waals surface area contributed by atoms with Gasteiger partial charge in [0.1, 0.15) is 4.88 Å². The smallest absolute Gasteiger partial charge is 0.263 e. The molecule has 0 aromatic carbocycles. The quantitative estimate of drug-likeness (QED) is 0.791. The van der Waals surface area contributed by atoms with Crippen LogP contribution in [-0.4, -0.2) is 56.1 Å². The minimum absolute atomic E-state index is 0.0733. The molecule has 8 nitrogen and oxygen atoms in total. The number of amides is 2. The zero-order valence-corrected chi connectivity index (χ0v) is 13.9. The largest absolute Gasteiger partial charge is 0.351 e. The van der Waals surface area contributed by atoms with Gasteiger partial charge in [-0.05, 0) is 29.9 Å². The van der Waals surface area contributed by atoms with Crippen molar-refractivity contribution < 1.29 is 9.59 Å². The number of carbonyl (C=O) groups is 2. The lowest BCUT2D eigenvalue weighted by molar-refractivity contribution is -0.130. The van der Waals surface area contributed by atoms with Gasteiger partial charge in [0, 0.05) is 44.1 Å². The fraction of sp³-hybridized carbons (Fsp3) is 0.533. The minimum atomic E-state index is -0.0756. The molecule has 0 bridgehead atoms. The Morgan fingerprint density at radius 1 is 1.50 bits per heavy atom. The van der Waals surface area contributed by atoms with E-state index < -0.39 is 0 Å². The molecule has 0 radical (unpaired) electrons. The third kappa shape index (κ3) is 2.91. The van der Waals surface area contributed by atoms with Crippen molar-refractivity contribution in [2.24, 2.45) is 11.3 Å². The maximum atomic E-state index is 12.3. The summed E-state index contributed by atoms with van der Waals surface area (Å²) in [5.41, 5.74) is 0.878. The van der Waals surface area contributed by atoms with Crippen molar-refractivity contribution in [3.05, 3.63) is 29.0 Å². The van der Waals surface area contributed by atoms with E-state index in [9.17, 15) is 9.59 Å². The molecule has 1 saturated carbocycles. The lowest BCUT2D eigenvalue weighted by Crippen LogP contribution is -2.36. The van der Waals surface area contributed by atoms with Crippen LogP contribution >= 0.6 is 11.5 Å². The summed E-state index contributed by atoms with van der Waals surface area (Å²) in [4.78, 5) is 26.9. The number of fused-ring (bicyclic) bond motifs is 1. The normalized spacial score (nSPS) is 24.7. The Bertz CT molecular complexity index is 731. The first-order valence-corrected chi connectivity index (χ1v) is 8.75. The molecular formula is C15H18N6O2S. The lowest BCUT2D eigenvalue weighted by Gasteiger charge is -2.21. The van der Waals surface area contributed by atoms with Crippen LogP contribution in [0.2, 0.25) is 0 Å². The third-order valence-electron chi connectivity index (χ3n) is 4.98. The fourth-order valence-corrected chi connectivity index (χ4v) is 3.98. The van der Waals surface area contributed by atoms with Crippen molar-refractivity contribution in [3.8, 4) is 0 Å². The van der Waals surface area contributed by atoms with Gasteiger partial charge in [-0.1, -0.05) is 0 Å². The highest BCUT2D eigenvalue weighted by Gasteiger charge is 2.60. The first-order chi connectivity index (χ1) is 11.7. The van der Waals surface area contributed by atoms with E-state index in [1.54, 1.807) is 18.5 Å². The van der Waals surface area contributed by atoms with E-state index in [2.05, 4.69) is 25.1 Å². The van der Waals surface area contributed by atoms with Crippen molar-refractivity contribution in [1.29, 1.82) is 0 Å². The molecule has 2 fully saturated rings. The second kappa shape index (κ2) is 5.97. The van der Waals surface area contributed by atoms with Crippen LogP contribution in [0.3, 0.4) is 0 Å². The molecule has 1 aliphatic carbocycles. The summed E-state index contributed by atoms with van der Waals surface area (Å²) in [5, 5.41) is 13.3. The monoisotopic (exact) mass is 346 g/mol. The summed E-state index contributed by atoms with van der Waals surface area (Å²) < 4.78 is 3.94. The molecule has 2 N–H and O–H groups in total. The molecule has 2 aliphatic rings. The molecule has 4 rings (SSSR count). The van der Waals surface area contributed by atoms with Crippen LogP contribution in [-0.2, 0) is 11.2 Å². The Morgan fingerprint density at radius 3 is 3.17 bits per heavy atom. The minimum Gasteiger partial charge on any atom is -0.351 e. The van der Waals surface area contributed by atoms with Crippen molar-refractivity contribution in [1.82, 2.24) is 30.0 Å². The van der Waals surface area contributed by atoms with Gasteiger partial charge in [0.2, 0.25) is 5.91 Å². The second-order valence-electron chi connectivity index (χ2n) is 6.56. The Labute approximate surface area is 142 Å². The van der Waals surface area contributed by atoms with Crippen LogP contribution in [0.4, 0.5) is 0 Å². The van der Waals surface area contributed by atoms with Crippen LogP contribution in [0.5, 0.6) is 0 Å². The van der Waals surface area contributed by atoms with Crippen LogP contribution in [0.25, 0.3) is 0 Å². The topological polar surface area (TPSA) is 104 Å². The first-order valence-electron chi connectivity index (χ1n) is 7.98. The third-order valence-corrected chi connectivity index (χ3v) is 5.73. The van der Waals surface area contributed by atoms with Gasteiger partial charge in [0.25, 0.3) is 5.91 Å². The van der Waals surface area contributed by atoms with Crippen molar-refractivity contribution >= 4 is 23.3 Å². The molecule has 1 aliphatic heterocycles. The van der Waals surface area contributed by atoms with E-state index in [1.807, 2.05) is 4.90 Å². The molecule has 2 unspecified atom stereocenters. The van der Waals surface area contributed by atoms with Gasteiger partial charge in [0.05, 0.1) is 11.9 Å². The number of aromatic nitrogens is 4. The zero-order chi connectivity index (χ0) is 16.6. The fourth-order valence-electron chi connectivity index (χ4n) is 3.47. The predicted molar refractivity (Wildman–Crippen MR) is 86.3 cm³/mol. The molecule has 126 valence electrons. The van der Waals surface area contributed by atoms with Crippen molar-refractivity contribution in [3.63, 3.8) is 0 Å². The number of rotatable bonds is 6. The van der Waals surface area contributed by atoms with Crippen LogP contribution in [0, 0.1) is 11.3 Å². The highest BCUT2D eigenvalue weighted by atomic mass is 32.1. The van der Waals surface area contributed by atoms with E-state index in [1.165, 1.54) is 11.5 Å². The maximum absolute atomic E-state index is 12.3. The average Bonchev–Trinajstić information content (AvgIpc) is 3.14. The standard InChI is InChI=1S/C15H18N6O2S/c22-13(2-1-11-6-17-20-19-11)21-7-10-5-15(10,9-21)8-16-14(23)12-3-4-18-24-12/h3-4,6,10H,1-2,5,7-9H2,(H,16,23)(H,17,19,20). The van der Waals surface area contributed by atoms with Gasteiger partial charge in [-0.3, -0.25) is 9.59 Å². The van der Waals surface area contributed by atoms with Crippen molar-refractivity contribution in [2.45, 2.75) is 19.3 Å². The van der Waals surface area contributed by atoms with Crippen LogP contribution in [0.1, 0.15) is 28.2 Å². The lowest BCUT2D eigenvalue weighted by atomic mass is 10.1. The van der Waals surface area contributed by atoms with E-state index in [4.69, 9.17) is 0 Å². The van der Waals surface area contributed by atoms with E-state index in [-0.39, 0.29) is 17.2 Å². The molecule has 24 heavy (non-hydrogen) atoms. The van der Waals surface area contributed by atoms with Crippen LogP contribution < -0.4 is 5.32 Å². The molecule has 2 aromatic heterocycles. The number of aromatic amines is 1. The Hall–Kier alpha value is -2.29. The van der Waals surface area contributed by atoms with Gasteiger partial charge in [-0.2, -0.15) is 15.4 Å². The summed E-state index contributed by atoms with van der Waals surface area (Å²) >= 11 is 1.20. The van der Waals surface area contributed by atoms with E-state index in [0.717, 1.165) is 25.2 Å². The summed E-state index contributed by atoms with van der Waals surface area (Å²) in [5.74, 6) is 0.585. The van der Waals surface area contributed by atoms with E-state index in [0.29, 0.717) is 30.2 Å². The van der Waals surface area contributed by atoms with Gasteiger partial charge in [-0.25, -0.2) is 4.37 Å². The van der Waals surface area contributed by atoms with Gasteiger partial charge in [-0.15, -0.1) is 0 Å². The number of likely N-dealkylation sites (tertiary alicyclic amines) is 1. The Kier molecular flexibility index (Phi) is 3.79. The summed E-state index contributed by atoms with van der Waals surface area (Å²) in [6.07, 6.45) is 5.41. The van der Waals surface area contributed by atoms with Gasteiger partial charge in [0.15, 0.2) is 0 Å². The number of nitrogens with one attached hydrogen (secondary N) is 2. The molecule has 2 amide bonds. The van der Waals surface area contributed by atoms with Gasteiger partial charge < -0.3 is 10.2 Å². The molecule has 3 heterocycles. The number of carbonyl (C=O) groups excluding carboxylic acids is 2. The second-order valence-corrected chi connectivity index (χ2v) is 7.39. The number of hydrogen-bond donors (Lipinski definition) is 2. The highest BCUT2D eigenvalue weighted by molar-refractivity contribution is 7.08. The first kappa shape index (κ1) is 15.3. The average molecular weight is 346 g/mol. The molecule has 1 saturated heterocycles. The molecule has 2 aromatic rings. The molecule has 2 atom stereocenters. The zero-order valence-electron chi connectivity index (χ0n) is 13.1. The van der Waals surface area contributed by atoms with Crippen molar-refractivity contribution in [2.75, 3.05) is 19.6 Å². The molecular weight excluding hydrogens is 328 g/mol. The highest BCUT2D eigenvalue weighted by Crippen LogP contribution is 2.57.